The van der Waals surface area contributed by atoms with Crippen molar-refractivity contribution < 1.29 is 27.0 Å². The van der Waals surface area contributed by atoms with Gasteiger partial charge in [-0.3, -0.25) is 14.9 Å². The van der Waals surface area contributed by atoms with Crippen LogP contribution in [0.5, 0.6) is 5.75 Å². The number of rotatable bonds is 5. The lowest BCUT2D eigenvalue weighted by atomic mass is 10.1. The fourth-order valence-electron chi connectivity index (χ4n) is 3.21. The number of imide groups is 2. The Kier molecular flexibility index (Phi) is 6.23. The third kappa shape index (κ3) is 4.85. The monoisotopic (exact) mass is 496 g/mol. The van der Waals surface area contributed by atoms with Crippen molar-refractivity contribution >= 4 is 51.3 Å². The van der Waals surface area contributed by atoms with Gasteiger partial charge in [0, 0.05) is 5.02 Å². The number of barbiturate groups is 1. The number of nitrogens with zero attached hydrogens (tertiary/aromatic N) is 1. The molecule has 0 radical (unpaired) electrons. The Morgan fingerprint density at radius 3 is 2.35 bits per heavy atom. The molecule has 0 aromatic heterocycles. The number of benzene rings is 3. The van der Waals surface area contributed by atoms with Gasteiger partial charge in [-0.25, -0.2) is 9.69 Å². The fraction of sp³-hybridized carbons (Fsp3) is 0.0417. The molecule has 0 aliphatic carbocycles. The molecule has 1 aliphatic rings. The Morgan fingerprint density at radius 2 is 1.65 bits per heavy atom. The Morgan fingerprint density at radius 1 is 0.941 bits per heavy atom. The first kappa shape index (κ1) is 23.2. The standard InChI is InChI=1S/C24H17ClN2O6S/c1-15-8-10-20(11-9-15)34(31,32)33-19-7-2-4-16(12-19)13-21-22(28)26-24(30)27(23(21)29)18-6-3-5-17(25)14-18/h2-14H,1H3,(H,26,28,30)/b21-13-. The zero-order valence-electron chi connectivity index (χ0n) is 17.7. The highest BCUT2D eigenvalue weighted by atomic mass is 35.5. The summed E-state index contributed by atoms with van der Waals surface area (Å²) in [7, 11) is -4.09. The third-order valence-electron chi connectivity index (χ3n) is 4.85. The zero-order chi connectivity index (χ0) is 24.5. The van der Waals surface area contributed by atoms with E-state index in [0.29, 0.717) is 10.6 Å². The SMILES string of the molecule is Cc1ccc(S(=O)(=O)Oc2cccc(/C=C3/C(=O)NC(=O)N(c4cccc(Cl)c4)C3=O)c2)cc1. The van der Waals surface area contributed by atoms with Gasteiger partial charge in [0.2, 0.25) is 0 Å². The molecule has 1 fully saturated rings. The summed E-state index contributed by atoms with van der Waals surface area (Å²) in [5.41, 5.74) is 1.08. The molecule has 0 bridgehead atoms. The van der Waals surface area contributed by atoms with E-state index in [1.165, 1.54) is 48.5 Å². The van der Waals surface area contributed by atoms with Crippen LogP contribution in [-0.2, 0) is 19.7 Å². The van der Waals surface area contributed by atoms with E-state index in [-0.39, 0.29) is 21.9 Å². The lowest BCUT2D eigenvalue weighted by Crippen LogP contribution is -2.54. The van der Waals surface area contributed by atoms with Crippen molar-refractivity contribution in [2.75, 3.05) is 4.90 Å². The first-order valence-corrected chi connectivity index (χ1v) is 11.7. The molecule has 0 unspecified atom stereocenters. The number of hydrogen-bond acceptors (Lipinski definition) is 6. The van der Waals surface area contributed by atoms with Crippen molar-refractivity contribution in [2.24, 2.45) is 0 Å². The number of anilines is 1. The molecule has 8 nitrogen and oxygen atoms in total. The van der Waals surface area contributed by atoms with Crippen molar-refractivity contribution in [3.63, 3.8) is 0 Å². The Labute approximate surface area is 200 Å². The van der Waals surface area contributed by atoms with Crippen LogP contribution >= 0.6 is 11.6 Å². The molecule has 10 heteroatoms. The average molecular weight is 497 g/mol. The van der Waals surface area contributed by atoms with Crippen molar-refractivity contribution in [1.29, 1.82) is 0 Å². The maximum Gasteiger partial charge on any atom is 0.339 e. The highest BCUT2D eigenvalue weighted by molar-refractivity contribution is 7.87. The average Bonchev–Trinajstić information content (AvgIpc) is 2.77. The highest BCUT2D eigenvalue weighted by Gasteiger charge is 2.36. The second-order valence-electron chi connectivity index (χ2n) is 7.36. The molecule has 1 heterocycles. The van der Waals surface area contributed by atoms with Crippen molar-refractivity contribution in [1.82, 2.24) is 5.32 Å². The topological polar surface area (TPSA) is 110 Å². The van der Waals surface area contributed by atoms with E-state index in [0.717, 1.165) is 10.5 Å². The van der Waals surface area contributed by atoms with Crippen LogP contribution in [0.1, 0.15) is 11.1 Å². The van der Waals surface area contributed by atoms with Gasteiger partial charge < -0.3 is 4.18 Å². The minimum absolute atomic E-state index is 0.0126. The molecule has 4 rings (SSSR count). The number of amides is 4. The number of aryl methyl sites for hydroxylation is 1. The molecule has 1 N–H and O–H groups in total. The number of nitrogens with one attached hydrogen (secondary N) is 1. The van der Waals surface area contributed by atoms with Crippen LogP contribution in [-0.4, -0.2) is 26.3 Å². The van der Waals surface area contributed by atoms with Crippen molar-refractivity contribution in [2.45, 2.75) is 11.8 Å². The molecule has 34 heavy (non-hydrogen) atoms. The lowest BCUT2D eigenvalue weighted by molar-refractivity contribution is -0.122. The van der Waals surface area contributed by atoms with Gasteiger partial charge in [-0.2, -0.15) is 8.42 Å². The second-order valence-corrected chi connectivity index (χ2v) is 9.34. The molecule has 1 saturated heterocycles. The molecule has 172 valence electrons. The van der Waals surface area contributed by atoms with Gasteiger partial charge in [0.25, 0.3) is 11.8 Å². The molecule has 0 saturated carbocycles. The molecule has 0 spiro atoms. The van der Waals surface area contributed by atoms with Gasteiger partial charge in [-0.15, -0.1) is 0 Å². The van der Waals surface area contributed by atoms with E-state index in [2.05, 4.69) is 5.32 Å². The number of urea groups is 1. The third-order valence-corrected chi connectivity index (χ3v) is 6.35. The maximum absolute atomic E-state index is 13.0. The molecule has 1 aliphatic heterocycles. The van der Waals surface area contributed by atoms with Crippen LogP contribution in [0.4, 0.5) is 10.5 Å². The van der Waals surface area contributed by atoms with E-state index in [1.807, 2.05) is 6.92 Å². The quantitative estimate of drug-likeness (QED) is 0.324. The van der Waals surface area contributed by atoms with Crippen LogP contribution in [0.3, 0.4) is 0 Å². The summed E-state index contributed by atoms with van der Waals surface area (Å²) in [5.74, 6) is -1.75. The van der Waals surface area contributed by atoms with Crippen LogP contribution in [0.25, 0.3) is 6.08 Å². The Hall–Kier alpha value is -3.95. The van der Waals surface area contributed by atoms with Crippen molar-refractivity contribution in [3.8, 4) is 5.75 Å². The summed E-state index contributed by atoms with van der Waals surface area (Å²) in [6.45, 7) is 1.83. The van der Waals surface area contributed by atoms with E-state index < -0.39 is 28.0 Å². The zero-order valence-corrected chi connectivity index (χ0v) is 19.3. The van der Waals surface area contributed by atoms with E-state index in [9.17, 15) is 22.8 Å². The van der Waals surface area contributed by atoms with E-state index in [4.69, 9.17) is 15.8 Å². The minimum Gasteiger partial charge on any atom is -0.379 e. The summed E-state index contributed by atoms with van der Waals surface area (Å²) >= 11 is 5.96. The molecule has 3 aromatic carbocycles. The van der Waals surface area contributed by atoms with E-state index in [1.54, 1.807) is 30.3 Å². The van der Waals surface area contributed by atoms with Crippen LogP contribution in [0, 0.1) is 6.92 Å². The lowest BCUT2D eigenvalue weighted by Gasteiger charge is -2.26. The predicted octanol–water partition coefficient (Wildman–Crippen LogP) is 4.08. The largest absolute Gasteiger partial charge is 0.379 e. The first-order valence-electron chi connectivity index (χ1n) is 9.92. The van der Waals surface area contributed by atoms with Gasteiger partial charge in [0.1, 0.15) is 16.2 Å². The summed E-state index contributed by atoms with van der Waals surface area (Å²) < 4.78 is 30.4. The van der Waals surface area contributed by atoms with Crippen molar-refractivity contribution in [3.05, 3.63) is 94.5 Å². The second kappa shape index (κ2) is 9.12. The van der Waals surface area contributed by atoms with Gasteiger partial charge in [-0.05, 0) is 61.0 Å². The normalized spacial score (nSPS) is 15.4. The molecular formula is C24H17ClN2O6S. The summed E-state index contributed by atoms with van der Waals surface area (Å²) in [6, 6.07) is 17.2. The molecule has 0 atom stereocenters. The number of carbonyl (C=O) groups excluding carboxylic acids is 3. The van der Waals surface area contributed by atoms with Crippen LogP contribution in [0.2, 0.25) is 5.02 Å². The van der Waals surface area contributed by atoms with Gasteiger partial charge in [-0.1, -0.05) is 47.5 Å². The number of hydrogen-bond donors (Lipinski definition) is 1. The highest BCUT2D eigenvalue weighted by Crippen LogP contribution is 2.26. The van der Waals surface area contributed by atoms with Gasteiger partial charge in [0.05, 0.1) is 5.69 Å². The van der Waals surface area contributed by atoms with E-state index >= 15 is 0 Å². The Balaban J connectivity index is 1.64. The summed E-state index contributed by atoms with van der Waals surface area (Å²) in [4.78, 5) is 38.5. The first-order chi connectivity index (χ1) is 16.1. The summed E-state index contributed by atoms with van der Waals surface area (Å²) in [6.07, 6.45) is 1.24. The minimum atomic E-state index is -4.09. The summed E-state index contributed by atoms with van der Waals surface area (Å²) in [5, 5.41) is 2.42. The number of carbonyl (C=O) groups is 3. The predicted molar refractivity (Wildman–Crippen MR) is 126 cm³/mol. The molecular weight excluding hydrogens is 480 g/mol. The molecule has 4 amide bonds. The smallest absolute Gasteiger partial charge is 0.339 e. The van der Waals surface area contributed by atoms with Gasteiger partial charge >= 0.3 is 16.1 Å². The Bertz CT molecular complexity index is 1450. The number of halogens is 1. The molecule has 3 aromatic rings. The van der Waals surface area contributed by atoms with Crippen LogP contribution in [0.15, 0.2) is 83.3 Å². The maximum atomic E-state index is 13.0. The fourth-order valence-corrected chi connectivity index (χ4v) is 4.32. The van der Waals surface area contributed by atoms with Crippen LogP contribution < -0.4 is 14.4 Å². The van der Waals surface area contributed by atoms with Gasteiger partial charge in [0.15, 0.2) is 0 Å².